The maximum absolute atomic E-state index is 14.0. The van der Waals surface area contributed by atoms with Crippen LogP contribution in [0.5, 0.6) is 52.5 Å². The number of amides is 3. The van der Waals surface area contributed by atoms with Gasteiger partial charge in [-0.2, -0.15) is 0 Å². The highest BCUT2D eigenvalue weighted by Gasteiger charge is 2.53. The molecule has 0 radical (unpaired) electrons. The smallest absolute Gasteiger partial charge is 0.331 e. The number of para-hydroxylation sites is 3. The summed E-state index contributed by atoms with van der Waals surface area (Å²) in [6.07, 6.45) is -2.42. The number of benzene rings is 12. The van der Waals surface area contributed by atoms with Crippen molar-refractivity contribution in [1.82, 2.24) is 15.0 Å². The zero-order chi connectivity index (χ0) is 62.4. The zero-order valence-corrected chi connectivity index (χ0v) is 49.5. The normalized spacial score (nSPS) is 18.3. The first-order valence-electron chi connectivity index (χ1n) is 30.5. The van der Waals surface area contributed by atoms with Gasteiger partial charge in [-0.05, 0) is 158 Å². The maximum Gasteiger partial charge on any atom is 0.331 e. The quantitative estimate of drug-likeness (QED) is 0.0751. The van der Waals surface area contributed by atoms with Gasteiger partial charge in [-0.3, -0.25) is 29.1 Å². The lowest BCUT2D eigenvalue weighted by Gasteiger charge is -2.46. The number of ether oxygens (including phenoxy) is 6. The lowest BCUT2D eigenvalue weighted by Crippen LogP contribution is -2.61. The SMILES string of the molecule is O=C1C(Oc2ccc3ccccc3c2)C(c2ccc(Oc3nc(Oc4ccc(C5C(Oc6ccc7ccccc7c6)C(=O)N5c5ccccc5)cc4)nc(Oc4ccc(C5C(Oc6ccc7ccccc7c6)C(=O)N5c5ccccc5)cc4)n3)cc2)N1c1ccccc1. The molecule has 3 fully saturated rings. The summed E-state index contributed by atoms with van der Waals surface area (Å²) in [5, 5.41) is 6.21. The summed E-state index contributed by atoms with van der Waals surface area (Å²) in [6, 6.07) is 90.2. The Hall–Kier alpha value is -12.4. The van der Waals surface area contributed by atoms with Gasteiger partial charge in [0.1, 0.15) is 52.6 Å². The second-order valence-corrected chi connectivity index (χ2v) is 22.8. The fourth-order valence-electron chi connectivity index (χ4n) is 12.5. The Morgan fingerprint density at radius 3 is 0.753 bits per heavy atom. The van der Waals surface area contributed by atoms with Crippen LogP contribution in [0.3, 0.4) is 0 Å². The molecule has 13 aromatic rings. The van der Waals surface area contributed by atoms with Crippen molar-refractivity contribution in [3.05, 3.63) is 308 Å². The average Bonchev–Trinajstić information content (AvgIpc) is 0.796. The van der Waals surface area contributed by atoms with Crippen molar-refractivity contribution in [3.8, 4) is 52.5 Å². The van der Waals surface area contributed by atoms with E-state index in [9.17, 15) is 14.4 Å². The van der Waals surface area contributed by atoms with Gasteiger partial charge in [0.2, 0.25) is 18.3 Å². The molecule has 0 N–H and O–H groups in total. The van der Waals surface area contributed by atoms with Crippen LogP contribution < -0.4 is 43.1 Å². The van der Waals surface area contributed by atoms with Crippen molar-refractivity contribution >= 4 is 67.1 Å². The van der Waals surface area contributed by atoms with Crippen LogP contribution in [0, 0.1) is 0 Å². The zero-order valence-electron chi connectivity index (χ0n) is 49.5. The van der Waals surface area contributed by atoms with Crippen molar-refractivity contribution in [3.63, 3.8) is 0 Å². The first-order valence-corrected chi connectivity index (χ1v) is 30.5. The number of aromatic nitrogens is 3. The number of hydrogen-bond acceptors (Lipinski definition) is 12. The third kappa shape index (κ3) is 10.9. The summed E-state index contributed by atoms with van der Waals surface area (Å²) in [5.41, 5.74) is 4.65. The minimum absolute atomic E-state index is 0.140. The van der Waals surface area contributed by atoms with E-state index in [1.807, 2.05) is 255 Å². The van der Waals surface area contributed by atoms with Gasteiger partial charge in [0, 0.05) is 17.1 Å². The van der Waals surface area contributed by atoms with Gasteiger partial charge in [-0.25, -0.2) is 0 Å². The standard InChI is InChI=1S/C78H54N6O9/c85-73-70(88-64-43-28-49-16-10-13-19-55(49)46-64)67(82(73)58-22-4-1-5-23-58)52-31-37-61(38-32-52)91-76-79-77(92-62-39-33-53(34-40-62)68-71(74(86)83(68)59-24-6-2-7-25-59)89-65-44-29-50-17-11-14-20-56(50)47-65)81-78(80-76)93-63-41-35-54(36-42-63)69-72(75(87)84(69)60-26-8-3-9-27-60)90-66-45-30-51-18-12-15-21-57(51)48-66/h1-48,67-72H. The molecule has 3 aliphatic heterocycles. The van der Waals surface area contributed by atoms with E-state index in [1.54, 1.807) is 51.1 Å². The van der Waals surface area contributed by atoms with Crippen LogP contribution in [0.25, 0.3) is 32.3 Å². The summed E-state index contributed by atoms with van der Waals surface area (Å²) in [5.74, 6) is 2.37. The lowest BCUT2D eigenvalue weighted by molar-refractivity contribution is -0.135. The Labute approximate surface area is 533 Å². The number of β-lactam (4-membered cyclic amide) rings is 3. The highest BCUT2D eigenvalue weighted by atomic mass is 16.5. The molecule has 0 saturated carbocycles. The molecule has 15 heteroatoms. The van der Waals surface area contributed by atoms with E-state index in [0.717, 1.165) is 66.1 Å². The van der Waals surface area contributed by atoms with Gasteiger partial charge in [0.05, 0.1) is 0 Å². The minimum atomic E-state index is -0.808. The number of rotatable bonds is 18. The predicted octanol–water partition coefficient (Wildman–Crippen LogP) is 16.3. The predicted molar refractivity (Wildman–Crippen MR) is 354 cm³/mol. The maximum atomic E-state index is 14.0. The van der Waals surface area contributed by atoms with Crippen LogP contribution in [0.1, 0.15) is 34.8 Å². The molecule has 0 aliphatic carbocycles. The monoisotopic (exact) mass is 1220 g/mol. The summed E-state index contributed by atoms with van der Waals surface area (Å²) < 4.78 is 38.8. The fraction of sp³-hybridized carbons (Fsp3) is 0.0769. The Morgan fingerprint density at radius 2 is 0.484 bits per heavy atom. The molecular formula is C78H54N6O9. The van der Waals surface area contributed by atoms with Crippen molar-refractivity contribution in [1.29, 1.82) is 0 Å². The highest BCUT2D eigenvalue weighted by molar-refractivity contribution is 6.07. The molecule has 4 heterocycles. The molecule has 93 heavy (non-hydrogen) atoms. The van der Waals surface area contributed by atoms with Gasteiger partial charge in [0.25, 0.3) is 17.7 Å². The van der Waals surface area contributed by atoms with Crippen LogP contribution in [0.2, 0.25) is 0 Å². The van der Waals surface area contributed by atoms with Gasteiger partial charge < -0.3 is 28.4 Å². The second kappa shape index (κ2) is 23.9. The summed E-state index contributed by atoms with van der Waals surface area (Å²) >= 11 is 0. The van der Waals surface area contributed by atoms with Crippen LogP contribution >= 0.6 is 0 Å². The number of carbonyl (C=O) groups is 3. The summed E-state index contributed by atoms with van der Waals surface area (Å²) in [6.45, 7) is 0. The molecule has 3 saturated heterocycles. The highest BCUT2D eigenvalue weighted by Crippen LogP contribution is 2.46. The fourth-order valence-corrected chi connectivity index (χ4v) is 12.5. The van der Waals surface area contributed by atoms with E-state index in [1.165, 1.54) is 0 Å². The Kier molecular flexibility index (Phi) is 14.4. The molecule has 1 aromatic heterocycles. The first-order chi connectivity index (χ1) is 45.8. The third-order valence-corrected chi connectivity index (χ3v) is 17.1. The van der Waals surface area contributed by atoms with E-state index < -0.39 is 36.4 Å². The number of nitrogens with zero attached hydrogens (tertiary/aromatic N) is 6. The van der Waals surface area contributed by atoms with E-state index in [2.05, 4.69) is 15.0 Å². The molecule has 6 unspecified atom stereocenters. The Bertz CT molecular complexity index is 4440. The van der Waals surface area contributed by atoms with Gasteiger partial charge in [-0.1, -0.05) is 182 Å². The van der Waals surface area contributed by atoms with Crippen molar-refractivity contribution < 1.29 is 42.8 Å². The molecule has 0 spiro atoms. The summed E-state index contributed by atoms with van der Waals surface area (Å²) in [4.78, 5) is 61.2. The van der Waals surface area contributed by atoms with Crippen LogP contribution in [0.15, 0.2) is 291 Å². The second-order valence-electron chi connectivity index (χ2n) is 22.8. The molecule has 15 nitrogen and oxygen atoms in total. The van der Waals surface area contributed by atoms with Crippen LogP contribution in [0.4, 0.5) is 17.1 Å². The molecule has 450 valence electrons. The average molecular weight is 1220 g/mol. The number of carbonyl (C=O) groups excluding carboxylic acids is 3. The van der Waals surface area contributed by atoms with Gasteiger partial charge in [-0.15, -0.1) is 15.0 Å². The Balaban J connectivity index is 0.694. The number of hydrogen-bond donors (Lipinski definition) is 0. The van der Waals surface area contributed by atoms with Crippen molar-refractivity contribution in [2.75, 3.05) is 14.7 Å². The van der Waals surface area contributed by atoms with E-state index in [4.69, 9.17) is 28.4 Å². The Morgan fingerprint density at radius 1 is 0.247 bits per heavy atom. The molecule has 6 atom stereocenters. The van der Waals surface area contributed by atoms with Crippen LogP contribution in [-0.2, 0) is 14.4 Å². The minimum Gasteiger partial charge on any atom is -0.478 e. The molecule has 3 aliphatic rings. The molecule has 3 amide bonds. The molecule has 0 bridgehead atoms. The molecule has 16 rings (SSSR count). The van der Waals surface area contributed by atoms with E-state index in [0.29, 0.717) is 34.5 Å². The van der Waals surface area contributed by atoms with Gasteiger partial charge in [0.15, 0.2) is 0 Å². The van der Waals surface area contributed by atoms with Crippen LogP contribution in [-0.4, -0.2) is 51.0 Å². The topological polar surface area (TPSA) is 155 Å². The van der Waals surface area contributed by atoms with Gasteiger partial charge >= 0.3 is 18.0 Å². The van der Waals surface area contributed by atoms with Crippen molar-refractivity contribution in [2.45, 2.75) is 36.4 Å². The molecular weight excluding hydrogens is 1160 g/mol. The lowest BCUT2D eigenvalue weighted by atomic mass is 9.89. The van der Waals surface area contributed by atoms with E-state index >= 15 is 0 Å². The summed E-state index contributed by atoms with van der Waals surface area (Å²) in [7, 11) is 0. The number of anilines is 3. The van der Waals surface area contributed by atoms with Crippen molar-refractivity contribution in [2.24, 2.45) is 0 Å². The molecule has 12 aromatic carbocycles. The third-order valence-electron chi connectivity index (χ3n) is 17.1. The van der Waals surface area contributed by atoms with E-state index in [-0.39, 0.29) is 35.8 Å². The largest absolute Gasteiger partial charge is 0.478 e. The first kappa shape index (κ1) is 55.9. The number of fused-ring (bicyclic) bond motifs is 3.